The molecule has 1 aromatic heterocycles. The number of hydrogen-bond acceptors (Lipinski definition) is 4. The maximum Gasteiger partial charge on any atom is 0.237 e. The lowest BCUT2D eigenvalue weighted by atomic mass is 10.0. The number of H-pyrrole nitrogens is 1. The van der Waals surface area contributed by atoms with Gasteiger partial charge in [0.2, 0.25) is 5.91 Å². The molecule has 1 saturated heterocycles. The van der Waals surface area contributed by atoms with Crippen LogP contribution in [0.4, 0.5) is 0 Å². The number of nitrogens with zero attached hydrogens (tertiary/aromatic N) is 1. The predicted octanol–water partition coefficient (Wildman–Crippen LogP) is -0.423. The van der Waals surface area contributed by atoms with Gasteiger partial charge in [-0.05, 0) is 6.42 Å². The molecule has 0 saturated carbocycles. The number of fused-ring (bicyclic) bond motifs is 1. The van der Waals surface area contributed by atoms with Crippen LogP contribution in [0.1, 0.15) is 17.8 Å². The number of amides is 1. The molecule has 3 rings (SSSR count). The van der Waals surface area contributed by atoms with Crippen molar-refractivity contribution in [2.24, 2.45) is 5.92 Å². The highest BCUT2D eigenvalue weighted by molar-refractivity contribution is 5.82. The summed E-state index contributed by atoms with van der Waals surface area (Å²) in [6, 6.07) is -0.164. The van der Waals surface area contributed by atoms with E-state index in [0.29, 0.717) is 25.4 Å². The van der Waals surface area contributed by atoms with Crippen LogP contribution in [0.3, 0.4) is 0 Å². The van der Waals surface area contributed by atoms with Gasteiger partial charge < -0.3 is 15.0 Å². The van der Waals surface area contributed by atoms with E-state index in [2.05, 4.69) is 20.6 Å². The molecule has 2 atom stereocenters. The molecule has 18 heavy (non-hydrogen) atoms. The van der Waals surface area contributed by atoms with Crippen LogP contribution in [0.15, 0.2) is 6.33 Å². The monoisotopic (exact) mass is 250 g/mol. The SMILES string of the molecule is O=C(NCC1CCOC1)C1Cc2nc[nH]c2CN1. The van der Waals surface area contributed by atoms with Gasteiger partial charge in [0.1, 0.15) is 0 Å². The Morgan fingerprint density at radius 1 is 1.61 bits per heavy atom. The van der Waals surface area contributed by atoms with Crippen molar-refractivity contribution in [1.29, 1.82) is 0 Å². The summed E-state index contributed by atoms with van der Waals surface area (Å²) in [5.74, 6) is 0.536. The summed E-state index contributed by atoms with van der Waals surface area (Å²) in [5.41, 5.74) is 2.08. The smallest absolute Gasteiger partial charge is 0.237 e. The third kappa shape index (κ3) is 2.39. The molecule has 0 aromatic carbocycles. The summed E-state index contributed by atoms with van der Waals surface area (Å²) < 4.78 is 5.29. The normalized spacial score (nSPS) is 26.9. The van der Waals surface area contributed by atoms with Crippen LogP contribution in [0.25, 0.3) is 0 Å². The van der Waals surface area contributed by atoms with Crippen LogP contribution in [-0.2, 0) is 22.5 Å². The Balaban J connectivity index is 1.51. The largest absolute Gasteiger partial charge is 0.381 e. The highest BCUT2D eigenvalue weighted by atomic mass is 16.5. The number of rotatable bonds is 3. The van der Waals surface area contributed by atoms with E-state index in [-0.39, 0.29) is 11.9 Å². The molecule has 3 heterocycles. The molecule has 2 aliphatic heterocycles. The Hall–Kier alpha value is -1.40. The van der Waals surface area contributed by atoms with Gasteiger partial charge in [-0.15, -0.1) is 0 Å². The van der Waals surface area contributed by atoms with Crippen molar-refractivity contribution < 1.29 is 9.53 Å². The zero-order valence-electron chi connectivity index (χ0n) is 10.2. The molecule has 6 nitrogen and oxygen atoms in total. The molecule has 2 aliphatic rings. The molecule has 0 aliphatic carbocycles. The third-order valence-corrected chi connectivity index (χ3v) is 3.64. The molecule has 3 N–H and O–H groups in total. The van der Waals surface area contributed by atoms with E-state index in [1.54, 1.807) is 6.33 Å². The maximum absolute atomic E-state index is 12.0. The van der Waals surface area contributed by atoms with Crippen LogP contribution in [0, 0.1) is 5.92 Å². The van der Waals surface area contributed by atoms with E-state index in [0.717, 1.165) is 31.0 Å². The van der Waals surface area contributed by atoms with Crippen LogP contribution in [0.5, 0.6) is 0 Å². The van der Waals surface area contributed by atoms with E-state index in [9.17, 15) is 4.79 Å². The molecule has 6 heteroatoms. The first-order valence-corrected chi connectivity index (χ1v) is 6.43. The summed E-state index contributed by atoms with van der Waals surface area (Å²) in [5, 5.41) is 6.22. The second kappa shape index (κ2) is 5.07. The Labute approximate surface area is 106 Å². The summed E-state index contributed by atoms with van der Waals surface area (Å²) in [4.78, 5) is 19.3. The van der Waals surface area contributed by atoms with Crippen molar-refractivity contribution >= 4 is 5.91 Å². The zero-order chi connectivity index (χ0) is 12.4. The quantitative estimate of drug-likeness (QED) is 0.680. The van der Waals surface area contributed by atoms with Gasteiger partial charge in [-0.25, -0.2) is 4.98 Å². The van der Waals surface area contributed by atoms with E-state index in [1.165, 1.54) is 0 Å². The first kappa shape index (κ1) is 11.7. The Kier molecular flexibility index (Phi) is 3.29. The van der Waals surface area contributed by atoms with Crippen molar-refractivity contribution in [2.75, 3.05) is 19.8 Å². The zero-order valence-corrected chi connectivity index (χ0v) is 10.2. The Morgan fingerprint density at radius 3 is 3.39 bits per heavy atom. The molecular weight excluding hydrogens is 232 g/mol. The van der Waals surface area contributed by atoms with Crippen LogP contribution in [0.2, 0.25) is 0 Å². The molecular formula is C12H18N4O2. The summed E-state index contributed by atoms with van der Waals surface area (Å²) in [6.07, 6.45) is 3.39. The second-order valence-corrected chi connectivity index (χ2v) is 4.94. The number of aromatic nitrogens is 2. The minimum atomic E-state index is -0.164. The van der Waals surface area contributed by atoms with Crippen molar-refractivity contribution in [3.63, 3.8) is 0 Å². The van der Waals surface area contributed by atoms with E-state index in [4.69, 9.17) is 4.74 Å². The lowest BCUT2D eigenvalue weighted by Crippen LogP contribution is -2.48. The second-order valence-electron chi connectivity index (χ2n) is 4.94. The van der Waals surface area contributed by atoms with Gasteiger partial charge in [-0.1, -0.05) is 0 Å². The number of ether oxygens (including phenoxy) is 1. The van der Waals surface area contributed by atoms with Crippen molar-refractivity contribution in [3.8, 4) is 0 Å². The fourth-order valence-corrected chi connectivity index (χ4v) is 2.47. The molecule has 98 valence electrons. The molecule has 0 radical (unpaired) electrons. The molecule has 1 aromatic rings. The minimum absolute atomic E-state index is 0.0653. The standard InChI is InChI=1S/C12H18N4O2/c17-12(14-4-8-1-2-18-6-8)10-3-9-11(5-13-10)16-7-15-9/h7-8,10,13H,1-6H2,(H,14,17)(H,15,16). The topological polar surface area (TPSA) is 79.0 Å². The van der Waals surface area contributed by atoms with Crippen LogP contribution < -0.4 is 10.6 Å². The predicted molar refractivity (Wildman–Crippen MR) is 64.9 cm³/mol. The van der Waals surface area contributed by atoms with Gasteiger partial charge in [-0.2, -0.15) is 0 Å². The lowest BCUT2D eigenvalue weighted by molar-refractivity contribution is -0.123. The number of aromatic amines is 1. The highest BCUT2D eigenvalue weighted by Crippen LogP contribution is 2.13. The molecule has 1 amide bonds. The van der Waals surface area contributed by atoms with Crippen molar-refractivity contribution in [1.82, 2.24) is 20.6 Å². The fraction of sp³-hybridized carbons (Fsp3) is 0.667. The molecule has 2 unspecified atom stereocenters. The van der Waals surface area contributed by atoms with E-state index >= 15 is 0 Å². The van der Waals surface area contributed by atoms with Gasteiger partial charge in [0.15, 0.2) is 0 Å². The molecule has 0 spiro atoms. The minimum Gasteiger partial charge on any atom is -0.381 e. The van der Waals surface area contributed by atoms with Gasteiger partial charge >= 0.3 is 0 Å². The Bertz CT molecular complexity index is 425. The average molecular weight is 250 g/mol. The molecule has 1 fully saturated rings. The maximum atomic E-state index is 12.0. The van der Waals surface area contributed by atoms with Crippen molar-refractivity contribution in [2.45, 2.75) is 25.4 Å². The number of carbonyl (C=O) groups excluding carboxylic acids is 1. The fourth-order valence-electron chi connectivity index (χ4n) is 2.47. The summed E-state index contributed by atoms with van der Waals surface area (Å²) in [6.45, 7) is 2.98. The number of carbonyl (C=O) groups is 1. The van der Waals surface area contributed by atoms with Crippen LogP contribution in [-0.4, -0.2) is 41.7 Å². The lowest BCUT2D eigenvalue weighted by Gasteiger charge is -2.22. The first-order chi connectivity index (χ1) is 8.83. The van der Waals surface area contributed by atoms with Gasteiger partial charge in [0.25, 0.3) is 0 Å². The number of imidazole rings is 1. The van der Waals surface area contributed by atoms with Gasteiger partial charge in [0, 0.05) is 32.0 Å². The highest BCUT2D eigenvalue weighted by Gasteiger charge is 2.26. The first-order valence-electron chi connectivity index (χ1n) is 6.43. The van der Waals surface area contributed by atoms with E-state index in [1.807, 2.05) is 0 Å². The molecule has 0 bridgehead atoms. The van der Waals surface area contributed by atoms with Gasteiger partial charge in [0.05, 0.1) is 30.4 Å². The van der Waals surface area contributed by atoms with Crippen molar-refractivity contribution in [3.05, 3.63) is 17.7 Å². The third-order valence-electron chi connectivity index (χ3n) is 3.64. The summed E-state index contributed by atoms with van der Waals surface area (Å²) in [7, 11) is 0. The van der Waals surface area contributed by atoms with Crippen LogP contribution >= 0.6 is 0 Å². The van der Waals surface area contributed by atoms with Gasteiger partial charge in [-0.3, -0.25) is 10.1 Å². The summed E-state index contributed by atoms with van der Waals surface area (Å²) >= 11 is 0. The number of hydrogen-bond donors (Lipinski definition) is 3. The Morgan fingerprint density at radius 2 is 2.56 bits per heavy atom. The van der Waals surface area contributed by atoms with E-state index < -0.39 is 0 Å². The number of nitrogens with one attached hydrogen (secondary N) is 3. The average Bonchev–Trinajstić information content (AvgIpc) is 3.05.